The Bertz CT molecular complexity index is 1240. The molecule has 2 N–H and O–H groups in total. The molecule has 0 fully saturated rings. The number of carbonyl (C=O) groups excluding carboxylic acids is 1. The van der Waals surface area contributed by atoms with E-state index in [0.29, 0.717) is 54.8 Å². The number of unbranched alkanes of at least 4 members (excludes halogenated alkanes) is 1. The molecular formula is C28H35N3O5. The number of benzene rings is 2. The van der Waals surface area contributed by atoms with E-state index in [1.54, 1.807) is 12.0 Å². The number of methoxy groups -OCH3 is 1. The number of carbonyl (C=O) groups is 1. The summed E-state index contributed by atoms with van der Waals surface area (Å²) in [6.45, 7) is 9.78. The average molecular weight is 494 g/mol. The first-order valence-electron chi connectivity index (χ1n) is 12.5. The van der Waals surface area contributed by atoms with Crippen LogP contribution in [-0.2, 0) is 4.74 Å². The van der Waals surface area contributed by atoms with E-state index < -0.39 is 6.04 Å². The summed E-state index contributed by atoms with van der Waals surface area (Å²) in [4.78, 5) is 15.3. The normalized spacial score (nSPS) is 14.9. The Morgan fingerprint density at radius 1 is 1.08 bits per heavy atom. The van der Waals surface area contributed by atoms with Crippen LogP contribution in [0, 0.1) is 13.8 Å². The summed E-state index contributed by atoms with van der Waals surface area (Å²) in [7, 11) is 1.62. The second kappa shape index (κ2) is 11.0. The number of nitrogens with zero attached hydrogens (tertiary/aromatic N) is 2. The van der Waals surface area contributed by atoms with E-state index in [9.17, 15) is 9.90 Å². The molecule has 8 heteroatoms. The minimum absolute atomic E-state index is 0.157. The molecule has 8 nitrogen and oxygen atoms in total. The molecular weight excluding hydrogens is 458 g/mol. The largest absolute Gasteiger partial charge is 0.507 e. The van der Waals surface area contributed by atoms with Crippen LogP contribution in [0.3, 0.4) is 0 Å². The Morgan fingerprint density at radius 3 is 2.61 bits per heavy atom. The zero-order valence-electron chi connectivity index (χ0n) is 21.7. The van der Waals surface area contributed by atoms with Gasteiger partial charge in [0, 0.05) is 24.8 Å². The lowest BCUT2D eigenvalue weighted by Gasteiger charge is -2.27. The molecule has 2 heterocycles. The van der Waals surface area contributed by atoms with Gasteiger partial charge in [-0.2, -0.15) is 5.10 Å². The first-order valence-corrected chi connectivity index (χ1v) is 12.5. The number of aromatic amines is 1. The van der Waals surface area contributed by atoms with E-state index in [2.05, 4.69) is 17.1 Å². The van der Waals surface area contributed by atoms with Crippen LogP contribution in [0.15, 0.2) is 30.3 Å². The zero-order chi connectivity index (χ0) is 25.8. The first kappa shape index (κ1) is 25.6. The third-order valence-corrected chi connectivity index (χ3v) is 6.44. The molecule has 1 atom stereocenters. The third kappa shape index (κ3) is 4.78. The number of rotatable bonds is 11. The molecule has 1 unspecified atom stereocenters. The number of fused-ring (bicyclic) bond motifs is 1. The molecule has 3 aromatic rings. The fourth-order valence-corrected chi connectivity index (χ4v) is 4.72. The quantitative estimate of drug-likeness (QED) is 0.358. The first-order chi connectivity index (χ1) is 17.4. The SMILES string of the molecule is CCCCOc1ccc(C2c3c(-c4cc(C)cc(C)c4O)n[nH]c3C(=O)N2CCOC)cc1OCC. The van der Waals surface area contributed by atoms with Gasteiger partial charge in [-0.1, -0.05) is 25.5 Å². The van der Waals surface area contributed by atoms with Crippen LogP contribution in [-0.4, -0.2) is 59.6 Å². The number of aromatic hydroxyl groups is 1. The molecule has 36 heavy (non-hydrogen) atoms. The van der Waals surface area contributed by atoms with E-state index in [4.69, 9.17) is 14.2 Å². The summed E-state index contributed by atoms with van der Waals surface area (Å²) in [5, 5.41) is 18.3. The molecule has 0 saturated heterocycles. The highest BCUT2D eigenvalue weighted by Crippen LogP contribution is 2.46. The van der Waals surface area contributed by atoms with Crippen molar-refractivity contribution in [1.82, 2.24) is 15.1 Å². The molecule has 1 amide bonds. The monoisotopic (exact) mass is 493 g/mol. The highest BCUT2D eigenvalue weighted by molar-refractivity contribution is 6.00. The molecule has 0 spiro atoms. The number of phenols is 1. The van der Waals surface area contributed by atoms with Gasteiger partial charge in [0.15, 0.2) is 11.5 Å². The number of aryl methyl sites for hydroxylation is 2. The number of hydrogen-bond acceptors (Lipinski definition) is 6. The Kier molecular flexibility index (Phi) is 7.84. The fraction of sp³-hybridized carbons (Fsp3) is 0.429. The van der Waals surface area contributed by atoms with Crippen molar-refractivity contribution in [2.24, 2.45) is 0 Å². The Labute approximate surface area is 212 Å². The van der Waals surface area contributed by atoms with Gasteiger partial charge in [-0.3, -0.25) is 9.89 Å². The lowest BCUT2D eigenvalue weighted by atomic mass is 9.94. The molecule has 1 aromatic heterocycles. The van der Waals surface area contributed by atoms with Crippen molar-refractivity contribution in [3.8, 4) is 28.5 Å². The number of phenolic OH excluding ortho intramolecular Hbond substituents is 1. The second-order valence-corrected chi connectivity index (χ2v) is 9.07. The Morgan fingerprint density at radius 2 is 1.89 bits per heavy atom. The molecule has 192 valence electrons. The standard InChI is InChI=1S/C28H35N3O5/c1-6-8-12-36-21-10-9-19(16-22(21)35-7-2)26-23-24(20-15-17(3)14-18(4)27(20)32)29-30-25(23)28(33)31(26)11-13-34-5/h9-10,14-16,26,32H,6-8,11-13H2,1-5H3,(H,29,30). The lowest BCUT2D eigenvalue weighted by molar-refractivity contribution is 0.0677. The Balaban J connectivity index is 1.84. The summed E-state index contributed by atoms with van der Waals surface area (Å²) in [5.41, 5.74) is 4.95. The van der Waals surface area contributed by atoms with Crippen molar-refractivity contribution in [2.75, 3.05) is 33.5 Å². The van der Waals surface area contributed by atoms with Crippen LogP contribution in [0.25, 0.3) is 11.3 Å². The predicted octanol–water partition coefficient (Wildman–Crippen LogP) is 5.17. The van der Waals surface area contributed by atoms with E-state index in [1.807, 2.05) is 51.1 Å². The van der Waals surface area contributed by atoms with Crippen LogP contribution in [0.4, 0.5) is 0 Å². The zero-order valence-corrected chi connectivity index (χ0v) is 21.7. The van der Waals surface area contributed by atoms with Crippen LogP contribution in [0.5, 0.6) is 17.2 Å². The van der Waals surface area contributed by atoms with Gasteiger partial charge in [0.25, 0.3) is 5.91 Å². The molecule has 2 aromatic carbocycles. The van der Waals surface area contributed by atoms with Crippen LogP contribution >= 0.6 is 0 Å². The maximum Gasteiger partial charge on any atom is 0.273 e. The summed E-state index contributed by atoms with van der Waals surface area (Å²) < 4.78 is 17.2. The second-order valence-electron chi connectivity index (χ2n) is 9.07. The number of hydrogen-bond donors (Lipinski definition) is 2. The van der Waals surface area contributed by atoms with Crippen molar-refractivity contribution < 1.29 is 24.1 Å². The highest BCUT2D eigenvalue weighted by Gasteiger charge is 2.42. The van der Waals surface area contributed by atoms with Crippen molar-refractivity contribution in [1.29, 1.82) is 0 Å². The van der Waals surface area contributed by atoms with Crippen molar-refractivity contribution >= 4 is 5.91 Å². The van der Waals surface area contributed by atoms with Gasteiger partial charge in [0.2, 0.25) is 0 Å². The third-order valence-electron chi connectivity index (χ3n) is 6.44. The number of nitrogens with one attached hydrogen (secondary N) is 1. The topological polar surface area (TPSA) is 96.9 Å². The molecule has 1 aliphatic rings. The minimum Gasteiger partial charge on any atom is -0.507 e. The summed E-state index contributed by atoms with van der Waals surface area (Å²) in [5.74, 6) is 1.32. The maximum absolute atomic E-state index is 13.5. The molecule has 0 saturated carbocycles. The van der Waals surface area contributed by atoms with E-state index in [1.165, 1.54) is 0 Å². The van der Waals surface area contributed by atoms with Crippen molar-refractivity contribution in [3.63, 3.8) is 0 Å². The van der Waals surface area contributed by atoms with Gasteiger partial charge in [0.05, 0.1) is 25.9 Å². The fourth-order valence-electron chi connectivity index (χ4n) is 4.72. The summed E-state index contributed by atoms with van der Waals surface area (Å²) in [6, 6.07) is 9.20. The van der Waals surface area contributed by atoms with E-state index >= 15 is 0 Å². The molecule has 1 aliphatic heterocycles. The van der Waals surface area contributed by atoms with Crippen molar-refractivity contribution in [2.45, 2.75) is 46.6 Å². The summed E-state index contributed by atoms with van der Waals surface area (Å²) in [6.07, 6.45) is 1.99. The number of amides is 1. The molecule has 0 bridgehead atoms. The summed E-state index contributed by atoms with van der Waals surface area (Å²) >= 11 is 0. The number of aromatic nitrogens is 2. The predicted molar refractivity (Wildman–Crippen MR) is 138 cm³/mol. The van der Waals surface area contributed by atoms with Gasteiger partial charge in [-0.15, -0.1) is 0 Å². The average Bonchev–Trinajstić information content (AvgIpc) is 3.40. The van der Waals surface area contributed by atoms with Crippen LogP contribution < -0.4 is 9.47 Å². The van der Waals surface area contributed by atoms with Crippen LogP contribution in [0.1, 0.15) is 65.5 Å². The van der Waals surface area contributed by atoms with Crippen LogP contribution in [0.2, 0.25) is 0 Å². The van der Waals surface area contributed by atoms with Gasteiger partial charge >= 0.3 is 0 Å². The highest BCUT2D eigenvalue weighted by atomic mass is 16.5. The smallest absolute Gasteiger partial charge is 0.273 e. The van der Waals surface area contributed by atoms with E-state index in [0.717, 1.165) is 35.1 Å². The van der Waals surface area contributed by atoms with Gasteiger partial charge in [-0.25, -0.2) is 0 Å². The van der Waals surface area contributed by atoms with Gasteiger partial charge in [0.1, 0.15) is 17.1 Å². The molecule has 0 aliphatic carbocycles. The molecule has 4 rings (SSSR count). The number of H-pyrrole nitrogens is 1. The van der Waals surface area contributed by atoms with Crippen molar-refractivity contribution in [3.05, 3.63) is 58.3 Å². The van der Waals surface area contributed by atoms with Gasteiger partial charge in [-0.05, 0) is 62.1 Å². The lowest BCUT2D eigenvalue weighted by Crippen LogP contribution is -2.32. The van der Waals surface area contributed by atoms with E-state index in [-0.39, 0.29) is 11.7 Å². The Hall–Kier alpha value is -3.52. The number of ether oxygens (including phenoxy) is 3. The maximum atomic E-state index is 13.5. The minimum atomic E-state index is -0.430. The van der Waals surface area contributed by atoms with Gasteiger partial charge < -0.3 is 24.2 Å². The molecule has 0 radical (unpaired) electrons.